The molecular formula is C9H12N4S3. The second kappa shape index (κ2) is 6.17. The van der Waals surface area contributed by atoms with Gasteiger partial charge in [-0.15, -0.1) is 21.5 Å². The molecular weight excluding hydrogens is 260 g/mol. The summed E-state index contributed by atoms with van der Waals surface area (Å²) in [5.74, 6) is 0.846. The molecule has 2 heterocycles. The Balaban J connectivity index is 1.83. The van der Waals surface area contributed by atoms with Gasteiger partial charge in [-0.2, -0.15) is 0 Å². The summed E-state index contributed by atoms with van der Waals surface area (Å²) in [6.07, 6.45) is 2.92. The van der Waals surface area contributed by atoms with E-state index >= 15 is 0 Å². The molecule has 0 aliphatic rings. The number of nitrogens with one attached hydrogen (secondary N) is 1. The van der Waals surface area contributed by atoms with Gasteiger partial charge in [-0.25, -0.2) is 4.98 Å². The molecule has 2 aromatic heterocycles. The average molecular weight is 272 g/mol. The Morgan fingerprint density at radius 2 is 2.38 bits per heavy atom. The quantitative estimate of drug-likeness (QED) is 0.819. The van der Waals surface area contributed by atoms with Gasteiger partial charge in [-0.3, -0.25) is 0 Å². The molecule has 7 heteroatoms. The van der Waals surface area contributed by atoms with Gasteiger partial charge >= 0.3 is 0 Å². The average Bonchev–Trinajstić information content (AvgIpc) is 2.95. The van der Waals surface area contributed by atoms with E-state index < -0.39 is 0 Å². The molecule has 0 atom stereocenters. The summed E-state index contributed by atoms with van der Waals surface area (Å²) in [4.78, 5) is 4.21. The lowest BCUT2D eigenvalue weighted by Crippen LogP contribution is -1.98. The van der Waals surface area contributed by atoms with Gasteiger partial charge in [-0.05, 0) is 6.42 Å². The zero-order valence-corrected chi connectivity index (χ0v) is 11.3. The van der Waals surface area contributed by atoms with E-state index in [-0.39, 0.29) is 0 Å². The van der Waals surface area contributed by atoms with Crippen molar-refractivity contribution in [2.45, 2.75) is 23.4 Å². The van der Waals surface area contributed by atoms with Crippen LogP contribution in [0.1, 0.15) is 18.4 Å². The summed E-state index contributed by atoms with van der Waals surface area (Å²) >= 11 is 4.98. The van der Waals surface area contributed by atoms with Crippen LogP contribution in [-0.4, -0.2) is 21.7 Å². The molecule has 4 nitrogen and oxygen atoms in total. The van der Waals surface area contributed by atoms with Crippen LogP contribution in [0.25, 0.3) is 0 Å². The van der Waals surface area contributed by atoms with Crippen LogP contribution in [0.2, 0.25) is 0 Å². The summed E-state index contributed by atoms with van der Waals surface area (Å²) in [7, 11) is 0. The molecule has 0 saturated carbocycles. The molecule has 0 radical (unpaired) electrons. The van der Waals surface area contributed by atoms with Crippen LogP contribution in [0.3, 0.4) is 0 Å². The lowest BCUT2D eigenvalue weighted by Gasteiger charge is -1.95. The summed E-state index contributed by atoms with van der Waals surface area (Å²) < 4.78 is 1.08. The monoisotopic (exact) mass is 272 g/mol. The van der Waals surface area contributed by atoms with Crippen LogP contribution in [0, 0.1) is 0 Å². The standard InChI is InChI=1S/C9H12N4S3/c1-2-3-10-8-13-12-7(16-8)6-15-9-11-4-5-14-9/h4-5H,2-3,6H2,1H3,(H,10,13). The Bertz CT molecular complexity index is 412. The van der Waals surface area contributed by atoms with Crippen molar-refractivity contribution in [3.63, 3.8) is 0 Å². The molecule has 0 bridgehead atoms. The smallest absolute Gasteiger partial charge is 0.205 e. The molecule has 0 spiro atoms. The SMILES string of the molecule is CCCNc1nnc(CSc2nccs2)s1. The Kier molecular flexibility index (Phi) is 4.55. The first-order chi connectivity index (χ1) is 7.88. The molecule has 1 N–H and O–H groups in total. The van der Waals surface area contributed by atoms with Gasteiger partial charge in [0.1, 0.15) is 9.35 Å². The molecule has 2 aromatic rings. The van der Waals surface area contributed by atoms with E-state index in [1.165, 1.54) is 0 Å². The normalized spacial score (nSPS) is 10.6. The number of rotatable bonds is 6. The van der Waals surface area contributed by atoms with Gasteiger partial charge < -0.3 is 5.32 Å². The molecule has 0 aliphatic heterocycles. The van der Waals surface area contributed by atoms with Crippen LogP contribution in [0.15, 0.2) is 15.9 Å². The topological polar surface area (TPSA) is 50.7 Å². The Morgan fingerprint density at radius 3 is 3.12 bits per heavy atom. The lowest BCUT2D eigenvalue weighted by atomic mass is 10.5. The van der Waals surface area contributed by atoms with Gasteiger partial charge in [-0.1, -0.05) is 30.0 Å². The molecule has 0 fully saturated rings. The summed E-state index contributed by atoms with van der Waals surface area (Å²) in [6.45, 7) is 3.08. The van der Waals surface area contributed by atoms with Gasteiger partial charge in [0.2, 0.25) is 5.13 Å². The third-order valence-corrected chi connectivity index (χ3v) is 4.76. The molecule has 86 valence electrons. The number of aromatic nitrogens is 3. The van der Waals surface area contributed by atoms with Crippen LogP contribution in [0.4, 0.5) is 5.13 Å². The van der Waals surface area contributed by atoms with Crippen molar-refractivity contribution in [2.24, 2.45) is 0 Å². The number of hydrogen-bond acceptors (Lipinski definition) is 7. The fraction of sp³-hybridized carbons (Fsp3) is 0.444. The van der Waals surface area contributed by atoms with Crippen LogP contribution in [-0.2, 0) is 5.75 Å². The summed E-state index contributed by atoms with van der Waals surface area (Å²) in [5, 5.41) is 15.4. The molecule has 2 rings (SSSR count). The molecule has 0 unspecified atom stereocenters. The van der Waals surface area contributed by atoms with Crippen molar-refractivity contribution in [3.05, 3.63) is 16.6 Å². The third-order valence-electron chi connectivity index (χ3n) is 1.72. The first kappa shape index (κ1) is 11.8. The number of thiazole rings is 1. The molecule has 0 aliphatic carbocycles. The summed E-state index contributed by atoms with van der Waals surface area (Å²) in [5.41, 5.74) is 0. The van der Waals surface area contributed by atoms with Crippen LogP contribution in [0.5, 0.6) is 0 Å². The van der Waals surface area contributed by atoms with Gasteiger partial charge in [0.25, 0.3) is 0 Å². The highest BCUT2D eigenvalue weighted by molar-refractivity contribution is 8.00. The van der Waals surface area contributed by atoms with E-state index in [1.807, 2.05) is 11.6 Å². The molecule has 0 saturated heterocycles. The number of nitrogens with zero attached hydrogens (tertiary/aromatic N) is 3. The van der Waals surface area contributed by atoms with E-state index in [9.17, 15) is 0 Å². The fourth-order valence-electron chi connectivity index (χ4n) is 1.02. The van der Waals surface area contributed by atoms with Gasteiger partial charge in [0.15, 0.2) is 0 Å². The largest absolute Gasteiger partial charge is 0.360 e. The zero-order chi connectivity index (χ0) is 11.2. The van der Waals surface area contributed by atoms with E-state index in [4.69, 9.17) is 0 Å². The van der Waals surface area contributed by atoms with E-state index in [0.717, 1.165) is 33.2 Å². The second-order valence-electron chi connectivity index (χ2n) is 3.01. The van der Waals surface area contributed by atoms with Crippen molar-refractivity contribution in [1.29, 1.82) is 0 Å². The molecule has 0 amide bonds. The van der Waals surface area contributed by atoms with Crippen LogP contribution < -0.4 is 5.32 Å². The van der Waals surface area contributed by atoms with Gasteiger partial charge in [0.05, 0.1) is 5.75 Å². The lowest BCUT2D eigenvalue weighted by molar-refractivity contribution is 0.958. The maximum atomic E-state index is 4.21. The minimum Gasteiger partial charge on any atom is -0.360 e. The maximum absolute atomic E-state index is 4.21. The number of anilines is 1. The highest BCUT2D eigenvalue weighted by Crippen LogP contribution is 2.26. The highest BCUT2D eigenvalue weighted by atomic mass is 32.2. The summed E-state index contributed by atoms with van der Waals surface area (Å²) in [6, 6.07) is 0. The minimum absolute atomic E-state index is 0.846. The van der Waals surface area contributed by atoms with E-state index in [0.29, 0.717) is 0 Å². The minimum atomic E-state index is 0.846. The van der Waals surface area contributed by atoms with Crippen molar-refractivity contribution >= 4 is 39.6 Å². The Morgan fingerprint density at radius 1 is 1.44 bits per heavy atom. The fourth-order valence-corrected chi connectivity index (χ4v) is 3.41. The van der Waals surface area contributed by atoms with Crippen molar-refractivity contribution < 1.29 is 0 Å². The molecule has 0 aromatic carbocycles. The third kappa shape index (κ3) is 3.43. The second-order valence-corrected chi connectivity index (χ2v) is 6.19. The first-order valence-electron chi connectivity index (χ1n) is 4.97. The van der Waals surface area contributed by atoms with E-state index in [1.54, 1.807) is 34.4 Å². The van der Waals surface area contributed by atoms with Gasteiger partial charge in [0, 0.05) is 18.1 Å². The first-order valence-corrected chi connectivity index (χ1v) is 7.65. The van der Waals surface area contributed by atoms with Crippen molar-refractivity contribution in [2.75, 3.05) is 11.9 Å². The predicted molar refractivity (Wildman–Crippen MR) is 70.4 cm³/mol. The number of thioether (sulfide) groups is 1. The van der Waals surface area contributed by atoms with Crippen molar-refractivity contribution in [1.82, 2.24) is 15.2 Å². The Labute approximate surface area is 107 Å². The van der Waals surface area contributed by atoms with E-state index in [2.05, 4.69) is 27.4 Å². The maximum Gasteiger partial charge on any atom is 0.205 e. The zero-order valence-electron chi connectivity index (χ0n) is 8.84. The van der Waals surface area contributed by atoms with Crippen molar-refractivity contribution in [3.8, 4) is 0 Å². The predicted octanol–water partition coefficient (Wildman–Crippen LogP) is 3.11. The number of hydrogen-bond donors (Lipinski definition) is 1. The van der Waals surface area contributed by atoms with Crippen LogP contribution >= 0.6 is 34.4 Å². The highest BCUT2D eigenvalue weighted by Gasteiger charge is 2.05. The Hall–Kier alpha value is -0.660. The molecule has 16 heavy (non-hydrogen) atoms.